The molecule has 0 aromatic heterocycles. The zero-order valence-electron chi connectivity index (χ0n) is 7.88. The lowest BCUT2D eigenvalue weighted by molar-refractivity contribution is 0.413. The summed E-state index contributed by atoms with van der Waals surface area (Å²) in [6.07, 6.45) is 0. The van der Waals surface area contributed by atoms with Gasteiger partial charge in [-0.05, 0) is 23.7 Å². The van der Waals surface area contributed by atoms with Crippen LogP contribution in [0.1, 0.15) is 0 Å². The van der Waals surface area contributed by atoms with E-state index in [9.17, 15) is 0 Å². The Kier molecular flexibility index (Phi) is 4.75. The average Bonchev–Trinajstić information content (AvgIpc) is 2.25. The number of azide groups is 1. The number of methoxy groups -OCH3 is 1. The van der Waals surface area contributed by atoms with Crippen molar-refractivity contribution in [1.29, 1.82) is 0 Å². The minimum absolute atomic E-state index is 0.512. The number of hydrogen-bond acceptors (Lipinski definition) is 3. The molecule has 0 aliphatic carbocycles. The maximum atomic E-state index is 8.07. The molecule has 4 nitrogen and oxygen atoms in total. The monoisotopic (exact) mass is 209 g/mol. The second-order valence-electron chi connectivity index (χ2n) is 2.48. The van der Waals surface area contributed by atoms with Crippen molar-refractivity contribution in [2.45, 2.75) is 4.90 Å². The van der Waals surface area contributed by atoms with Crippen molar-refractivity contribution in [3.05, 3.63) is 34.7 Å². The van der Waals surface area contributed by atoms with Gasteiger partial charge in [0.25, 0.3) is 0 Å². The van der Waals surface area contributed by atoms with Crippen LogP contribution in [0.2, 0.25) is 0 Å². The third-order valence-corrected chi connectivity index (χ3v) is 2.54. The minimum atomic E-state index is 0.512. The van der Waals surface area contributed by atoms with Gasteiger partial charge in [0.15, 0.2) is 0 Å². The smallest absolute Gasteiger partial charge is 0.119 e. The van der Waals surface area contributed by atoms with Crippen molar-refractivity contribution in [3.63, 3.8) is 0 Å². The summed E-state index contributed by atoms with van der Waals surface area (Å²) < 4.78 is 5.09. The molecule has 0 unspecified atom stereocenters. The molecular weight excluding hydrogens is 198 g/mol. The van der Waals surface area contributed by atoms with Crippen LogP contribution in [-0.2, 0) is 0 Å². The third-order valence-electron chi connectivity index (χ3n) is 1.56. The number of hydrogen-bond donors (Lipinski definition) is 0. The Bertz CT molecular complexity index is 337. The molecule has 0 bridgehead atoms. The van der Waals surface area contributed by atoms with Gasteiger partial charge in [-0.1, -0.05) is 11.2 Å². The largest absolute Gasteiger partial charge is 0.497 e. The Hall–Kier alpha value is -1.32. The molecule has 0 radical (unpaired) electrons. The number of benzene rings is 1. The van der Waals surface area contributed by atoms with Crippen LogP contribution in [0.5, 0.6) is 5.75 Å². The molecule has 1 aromatic carbocycles. The predicted molar refractivity (Wildman–Crippen MR) is 57.7 cm³/mol. The fourth-order valence-corrected chi connectivity index (χ4v) is 1.72. The summed E-state index contributed by atoms with van der Waals surface area (Å²) in [4.78, 5) is 3.81. The number of ether oxygens (including phenoxy) is 1. The molecule has 0 heterocycles. The lowest BCUT2D eigenvalue weighted by atomic mass is 10.3. The maximum Gasteiger partial charge on any atom is 0.119 e. The highest BCUT2D eigenvalue weighted by Gasteiger charge is 1.95. The van der Waals surface area contributed by atoms with Gasteiger partial charge >= 0.3 is 0 Å². The minimum Gasteiger partial charge on any atom is -0.497 e. The summed E-state index contributed by atoms with van der Waals surface area (Å²) >= 11 is 1.65. The highest BCUT2D eigenvalue weighted by Crippen LogP contribution is 2.22. The standard InChI is InChI=1S/C9H11N3OS/c1-13-8-3-2-4-9(7-8)14-6-5-11-12-10/h2-4,7H,5-6H2,1H3. The second-order valence-corrected chi connectivity index (χ2v) is 3.65. The quantitative estimate of drug-likeness (QED) is 0.246. The van der Waals surface area contributed by atoms with Crippen molar-refractivity contribution in [1.82, 2.24) is 0 Å². The van der Waals surface area contributed by atoms with Gasteiger partial charge < -0.3 is 4.74 Å². The molecule has 0 atom stereocenters. The normalized spacial score (nSPS) is 9.21. The van der Waals surface area contributed by atoms with Crippen LogP contribution in [0.25, 0.3) is 10.4 Å². The van der Waals surface area contributed by atoms with Crippen LogP contribution in [0.4, 0.5) is 0 Å². The van der Waals surface area contributed by atoms with Crippen LogP contribution in [0.3, 0.4) is 0 Å². The van der Waals surface area contributed by atoms with Gasteiger partial charge in [-0.3, -0.25) is 0 Å². The first-order valence-corrected chi connectivity index (χ1v) is 5.13. The Balaban J connectivity index is 2.45. The van der Waals surface area contributed by atoms with E-state index in [-0.39, 0.29) is 0 Å². The van der Waals surface area contributed by atoms with E-state index < -0.39 is 0 Å². The molecule has 0 aliphatic heterocycles. The molecule has 74 valence electrons. The van der Waals surface area contributed by atoms with E-state index in [1.807, 2.05) is 24.3 Å². The van der Waals surface area contributed by atoms with E-state index >= 15 is 0 Å². The predicted octanol–water partition coefficient (Wildman–Crippen LogP) is 3.10. The van der Waals surface area contributed by atoms with E-state index in [1.165, 1.54) is 0 Å². The van der Waals surface area contributed by atoms with Crippen LogP contribution in [-0.4, -0.2) is 19.4 Å². The highest BCUT2D eigenvalue weighted by molar-refractivity contribution is 7.99. The molecule has 0 saturated carbocycles. The van der Waals surface area contributed by atoms with Crippen molar-refractivity contribution in [2.75, 3.05) is 19.4 Å². The molecule has 0 fully saturated rings. The Morgan fingerprint density at radius 3 is 3.14 bits per heavy atom. The van der Waals surface area contributed by atoms with Gasteiger partial charge in [-0.25, -0.2) is 0 Å². The molecule has 1 aromatic rings. The highest BCUT2D eigenvalue weighted by atomic mass is 32.2. The maximum absolute atomic E-state index is 8.07. The van der Waals surface area contributed by atoms with Gasteiger partial charge in [-0.2, -0.15) is 0 Å². The van der Waals surface area contributed by atoms with Gasteiger partial charge in [0.2, 0.25) is 0 Å². The molecule has 0 spiro atoms. The van der Waals surface area contributed by atoms with Crippen molar-refractivity contribution < 1.29 is 4.74 Å². The fraction of sp³-hybridized carbons (Fsp3) is 0.333. The van der Waals surface area contributed by atoms with Gasteiger partial charge in [0.1, 0.15) is 5.75 Å². The van der Waals surface area contributed by atoms with E-state index in [0.717, 1.165) is 16.4 Å². The third kappa shape index (κ3) is 3.60. The van der Waals surface area contributed by atoms with Gasteiger partial charge in [0, 0.05) is 22.1 Å². The van der Waals surface area contributed by atoms with E-state index in [1.54, 1.807) is 18.9 Å². The van der Waals surface area contributed by atoms with Gasteiger partial charge in [0.05, 0.1) is 7.11 Å². The van der Waals surface area contributed by atoms with E-state index in [2.05, 4.69) is 10.0 Å². The first-order valence-electron chi connectivity index (χ1n) is 4.14. The average molecular weight is 209 g/mol. The summed E-state index contributed by atoms with van der Waals surface area (Å²) in [6.45, 7) is 0.512. The van der Waals surface area contributed by atoms with Crippen LogP contribution >= 0.6 is 11.8 Å². The summed E-state index contributed by atoms with van der Waals surface area (Å²) in [5.74, 6) is 1.64. The van der Waals surface area contributed by atoms with Gasteiger partial charge in [-0.15, -0.1) is 11.8 Å². The van der Waals surface area contributed by atoms with Crippen LogP contribution in [0.15, 0.2) is 34.3 Å². The van der Waals surface area contributed by atoms with Crippen molar-refractivity contribution >= 4 is 11.8 Å². The molecule has 14 heavy (non-hydrogen) atoms. The first-order chi connectivity index (χ1) is 6.86. The number of thioether (sulfide) groups is 1. The lowest BCUT2D eigenvalue weighted by Gasteiger charge is -2.02. The lowest BCUT2D eigenvalue weighted by Crippen LogP contribution is -1.85. The van der Waals surface area contributed by atoms with E-state index in [4.69, 9.17) is 10.3 Å². The summed E-state index contributed by atoms with van der Waals surface area (Å²) in [7, 11) is 1.64. The SMILES string of the molecule is COc1cccc(SCCN=[N+]=[N-])c1. The molecule has 0 saturated heterocycles. The van der Waals surface area contributed by atoms with Crippen molar-refractivity contribution in [2.24, 2.45) is 5.11 Å². The number of nitrogens with zero attached hydrogens (tertiary/aromatic N) is 3. The molecule has 5 heteroatoms. The molecule has 0 aliphatic rings. The zero-order chi connectivity index (χ0) is 10.2. The molecule has 0 amide bonds. The van der Waals surface area contributed by atoms with Crippen LogP contribution < -0.4 is 4.74 Å². The second kappa shape index (κ2) is 6.18. The fourth-order valence-electron chi connectivity index (χ4n) is 0.940. The molecule has 0 N–H and O–H groups in total. The Morgan fingerprint density at radius 2 is 2.43 bits per heavy atom. The summed E-state index contributed by atoms with van der Waals surface area (Å²) in [5, 5.41) is 3.46. The molecular formula is C9H11N3OS. The summed E-state index contributed by atoms with van der Waals surface area (Å²) in [6, 6.07) is 7.80. The van der Waals surface area contributed by atoms with Crippen molar-refractivity contribution in [3.8, 4) is 5.75 Å². The molecule has 1 rings (SSSR count). The first kappa shape index (κ1) is 10.8. The van der Waals surface area contributed by atoms with E-state index in [0.29, 0.717) is 6.54 Å². The topological polar surface area (TPSA) is 58.0 Å². The zero-order valence-corrected chi connectivity index (χ0v) is 8.70. The summed E-state index contributed by atoms with van der Waals surface area (Å²) in [5.41, 5.74) is 8.07. The number of rotatable bonds is 5. The van der Waals surface area contributed by atoms with Crippen LogP contribution in [0, 0.1) is 0 Å². The Morgan fingerprint density at radius 1 is 1.57 bits per heavy atom. The Labute approximate surface area is 86.9 Å².